The Morgan fingerprint density at radius 3 is 2.21 bits per heavy atom. The molecule has 13 heteroatoms. The molecule has 0 aliphatic heterocycles. The third-order valence-electron chi connectivity index (χ3n) is 4.22. The summed E-state index contributed by atoms with van der Waals surface area (Å²) in [5.74, 6) is -0.312. The second-order valence-corrected chi connectivity index (χ2v) is 7.67. The lowest BCUT2D eigenvalue weighted by atomic mass is 10.0. The minimum Gasteiger partial charge on any atom is -0.390 e. The van der Waals surface area contributed by atoms with Crippen LogP contribution in [0.5, 0.6) is 0 Å². The maximum absolute atomic E-state index is 13.1. The van der Waals surface area contributed by atoms with Crippen LogP contribution < -0.4 is 5.32 Å². The number of nitrogens with zero attached hydrogens (tertiary/aromatic N) is 5. The van der Waals surface area contributed by atoms with Crippen molar-refractivity contribution in [2.24, 2.45) is 0 Å². The topological polar surface area (TPSA) is 96.7 Å². The third kappa shape index (κ3) is 6.81. The van der Waals surface area contributed by atoms with Crippen molar-refractivity contribution in [2.75, 3.05) is 5.32 Å². The number of halogens is 6. The normalized spacial score (nSPS) is 12.6. The second kappa shape index (κ2) is 8.89. The van der Waals surface area contributed by atoms with Crippen LogP contribution in [-0.4, -0.2) is 35.6 Å². The van der Waals surface area contributed by atoms with Gasteiger partial charge in [0, 0.05) is 18.3 Å². The van der Waals surface area contributed by atoms with Gasteiger partial charge in [0.05, 0.1) is 5.60 Å². The standard InChI is InChI=1S/C20H18F6N6O/c1-18(2,33)8-6-15-30-16(12-4-3-5-13(29-12)19(21,22)23)32-17(31-15)28-11-7-9-27-14(10-11)20(24,25)26/h3-5,7,9-10,33H,6,8H2,1-2H3,(H,27,28,30,31,32). The highest BCUT2D eigenvalue weighted by Gasteiger charge is 2.33. The van der Waals surface area contributed by atoms with Crippen molar-refractivity contribution in [2.45, 2.75) is 44.6 Å². The zero-order valence-corrected chi connectivity index (χ0v) is 17.3. The lowest BCUT2D eigenvalue weighted by molar-refractivity contribution is -0.141. The van der Waals surface area contributed by atoms with Gasteiger partial charge in [-0.2, -0.15) is 36.3 Å². The fourth-order valence-electron chi connectivity index (χ4n) is 2.63. The molecule has 176 valence electrons. The Kier molecular flexibility index (Phi) is 6.54. The molecule has 7 nitrogen and oxygen atoms in total. The first-order valence-corrected chi connectivity index (χ1v) is 9.53. The number of aromatic nitrogens is 5. The Bertz CT molecular complexity index is 1130. The van der Waals surface area contributed by atoms with E-state index in [-0.39, 0.29) is 41.8 Å². The molecule has 3 rings (SSSR count). The van der Waals surface area contributed by atoms with Crippen LogP contribution in [0.1, 0.15) is 37.5 Å². The molecule has 0 unspecified atom stereocenters. The van der Waals surface area contributed by atoms with E-state index in [9.17, 15) is 31.4 Å². The highest BCUT2D eigenvalue weighted by Crippen LogP contribution is 2.30. The summed E-state index contributed by atoms with van der Waals surface area (Å²) in [6.45, 7) is 3.11. The third-order valence-corrected chi connectivity index (χ3v) is 4.22. The average molecular weight is 472 g/mol. The van der Waals surface area contributed by atoms with Crippen LogP contribution in [0.2, 0.25) is 0 Å². The first-order chi connectivity index (χ1) is 15.2. The molecule has 3 aromatic heterocycles. The molecule has 0 aliphatic carbocycles. The van der Waals surface area contributed by atoms with Gasteiger partial charge < -0.3 is 10.4 Å². The number of aryl methyl sites for hydroxylation is 1. The number of aliphatic hydroxyl groups is 1. The minimum atomic E-state index is -4.70. The van der Waals surface area contributed by atoms with Crippen LogP contribution in [0.3, 0.4) is 0 Å². The fraction of sp³-hybridized carbons (Fsp3) is 0.350. The van der Waals surface area contributed by atoms with Crippen molar-refractivity contribution in [3.05, 3.63) is 53.7 Å². The van der Waals surface area contributed by atoms with E-state index in [2.05, 4.69) is 30.2 Å². The first kappa shape index (κ1) is 24.3. The minimum absolute atomic E-state index is 0.0417. The molecule has 0 fully saturated rings. The Morgan fingerprint density at radius 2 is 1.58 bits per heavy atom. The van der Waals surface area contributed by atoms with Gasteiger partial charge in [-0.25, -0.2) is 9.97 Å². The smallest absolute Gasteiger partial charge is 0.390 e. The number of alkyl halides is 6. The molecule has 0 aliphatic rings. The number of pyridine rings is 2. The van der Waals surface area contributed by atoms with E-state index in [0.29, 0.717) is 0 Å². The van der Waals surface area contributed by atoms with E-state index in [1.807, 2.05) is 0 Å². The van der Waals surface area contributed by atoms with E-state index in [0.717, 1.165) is 24.4 Å². The summed E-state index contributed by atoms with van der Waals surface area (Å²) < 4.78 is 78.0. The van der Waals surface area contributed by atoms with Crippen LogP contribution in [0, 0.1) is 0 Å². The highest BCUT2D eigenvalue weighted by molar-refractivity contribution is 5.57. The van der Waals surface area contributed by atoms with Gasteiger partial charge in [0.1, 0.15) is 22.9 Å². The van der Waals surface area contributed by atoms with Gasteiger partial charge in [-0.1, -0.05) is 6.07 Å². The van der Waals surface area contributed by atoms with Gasteiger partial charge in [0.2, 0.25) is 5.95 Å². The van der Waals surface area contributed by atoms with E-state index in [1.165, 1.54) is 12.1 Å². The largest absolute Gasteiger partial charge is 0.433 e. The molecule has 0 amide bonds. The summed E-state index contributed by atoms with van der Waals surface area (Å²) >= 11 is 0. The molecule has 0 atom stereocenters. The van der Waals surface area contributed by atoms with Crippen LogP contribution >= 0.6 is 0 Å². The molecule has 0 spiro atoms. The molecular formula is C20H18F6N6O. The fourth-order valence-corrected chi connectivity index (χ4v) is 2.63. The molecular weight excluding hydrogens is 454 g/mol. The summed E-state index contributed by atoms with van der Waals surface area (Å²) in [5, 5.41) is 12.6. The molecule has 33 heavy (non-hydrogen) atoms. The molecule has 0 saturated carbocycles. The summed E-state index contributed by atoms with van der Waals surface area (Å²) in [4.78, 5) is 19.1. The Balaban J connectivity index is 2.02. The number of anilines is 2. The van der Waals surface area contributed by atoms with E-state index < -0.39 is 29.3 Å². The van der Waals surface area contributed by atoms with Crippen molar-refractivity contribution in [3.8, 4) is 11.5 Å². The zero-order valence-electron chi connectivity index (χ0n) is 17.3. The van der Waals surface area contributed by atoms with Crippen LogP contribution in [-0.2, 0) is 18.8 Å². The van der Waals surface area contributed by atoms with E-state index in [4.69, 9.17) is 0 Å². The van der Waals surface area contributed by atoms with E-state index >= 15 is 0 Å². The van der Waals surface area contributed by atoms with Gasteiger partial charge in [-0.05, 0) is 44.5 Å². The summed E-state index contributed by atoms with van der Waals surface area (Å²) in [7, 11) is 0. The van der Waals surface area contributed by atoms with Crippen molar-refractivity contribution < 1.29 is 31.4 Å². The van der Waals surface area contributed by atoms with Crippen molar-refractivity contribution in [1.82, 2.24) is 24.9 Å². The number of hydrogen-bond acceptors (Lipinski definition) is 7. The molecule has 2 N–H and O–H groups in total. The van der Waals surface area contributed by atoms with Crippen molar-refractivity contribution >= 4 is 11.6 Å². The van der Waals surface area contributed by atoms with Crippen LogP contribution in [0.4, 0.5) is 38.0 Å². The Hall–Kier alpha value is -3.35. The van der Waals surface area contributed by atoms with Crippen LogP contribution in [0.15, 0.2) is 36.5 Å². The molecule has 0 bridgehead atoms. The number of nitrogens with one attached hydrogen (secondary N) is 1. The van der Waals surface area contributed by atoms with Gasteiger partial charge in [-0.15, -0.1) is 0 Å². The Labute approximate surface area is 184 Å². The van der Waals surface area contributed by atoms with Crippen molar-refractivity contribution in [3.63, 3.8) is 0 Å². The summed E-state index contributed by atoms with van der Waals surface area (Å²) in [5.41, 5.74) is -3.63. The maximum Gasteiger partial charge on any atom is 0.433 e. The number of hydrogen-bond donors (Lipinski definition) is 2. The second-order valence-electron chi connectivity index (χ2n) is 7.67. The predicted octanol–water partition coefficient (Wildman–Crippen LogP) is 4.81. The Morgan fingerprint density at radius 1 is 0.879 bits per heavy atom. The number of rotatable bonds is 6. The SMILES string of the molecule is CC(C)(O)CCc1nc(Nc2ccnc(C(F)(F)F)c2)nc(-c2cccc(C(F)(F)F)n2)n1. The molecule has 0 saturated heterocycles. The zero-order chi connectivity index (χ0) is 24.4. The van der Waals surface area contributed by atoms with Crippen molar-refractivity contribution in [1.29, 1.82) is 0 Å². The van der Waals surface area contributed by atoms with Gasteiger partial charge in [0.15, 0.2) is 5.82 Å². The van der Waals surface area contributed by atoms with Gasteiger partial charge in [-0.3, -0.25) is 4.98 Å². The van der Waals surface area contributed by atoms with Gasteiger partial charge >= 0.3 is 12.4 Å². The monoisotopic (exact) mass is 472 g/mol. The van der Waals surface area contributed by atoms with E-state index in [1.54, 1.807) is 13.8 Å². The average Bonchev–Trinajstić information content (AvgIpc) is 2.71. The summed E-state index contributed by atoms with van der Waals surface area (Å²) in [6, 6.07) is 5.17. The highest BCUT2D eigenvalue weighted by atomic mass is 19.4. The van der Waals surface area contributed by atoms with Crippen LogP contribution in [0.25, 0.3) is 11.5 Å². The lowest BCUT2D eigenvalue weighted by Crippen LogP contribution is -2.20. The molecule has 0 aromatic carbocycles. The maximum atomic E-state index is 13.1. The lowest BCUT2D eigenvalue weighted by Gasteiger charge is -2.16. The predicted molar refractivity (Wildman–Crippen MR) is 105 cm³/mol. The first-order valence-electron chi connectivity index (χ1n) is 9.53. The summed E-state index contributed by atoms with van der Waals surface area (Å²) in [6.07, 6.45) is -8.10. The quantitative estimate of drug-likeness (QED) is 0.497. The molecule has 3 heterocycles. The molecule has 0 radical (unpaired) electrons. The van der Waals surface area contributed by atoms with Gasteiger partial charge in [0.25, 0.3) is 0 Å². The molecule has 3 aromatic rings.